The highest BCUT2D eigenvalue weighted by molar-refractivity contribution is 5.76. The third-order valence-electron chi connectivity index (χ3n) is 5.75. The van der Waals surface area contributed by atoms with Crippen LogP contribution in [0.15, 0.2) is 18.2 Å². The summed E-state index contributed by atoms with van der Waals surface area (Å²) in [5.74, 6) is 0.291. The summed E-state index contributed by atoms with van der Waals surface area (Å²) in [7, 11) is 1.62. The van der Waals surface area contributed by atoms with E-state index in [-0.39, 0.29) is 24.1 Å². The fourth-order valence-corrected chi connectivity index (χ4v) is 3.93. The number of ether oxygens (including phenoxy) is 2. The average molecular weight is 390 g/mol. The zero-order valence-electron chi connectivity index (χ0n) is 16.6. The van der Waals surface area contributed by atoms with E-state index in [2.05, 4.69) is 5.32 Å². The van der Waals surface area contributed by atoms with Gasteiger partial charge >= 0.3 is 12.0 Å². The number of urea groups is 1. The molecule has 2 N–H and O–H groups in total. The van der Waals surface area contributed by atoms with Crippen molar-refractivity contribution in [2.45, 2.75) is 57.6 Å². The van der Waals surface area contributed by atoms with Crippen LogP contribution < -0.4 is 14.8 Å². The number of nitrogens with zero attached hydrogens (tertiary/aromatic N) is 1. The van der Waals surface area contributed by atoms with Gasteiger partial charge in [0.15, 0.2) is 11.5 Å². The number of carbonyl (C=O) groups excluding carboxylic acids is 1. The second-order valence-corrected chi connectivity index (χ2v) is 7.71. The Bertz CT molecular complexity index is 694. The average Bonchev–Trinajstić information content (AvgIpc) is 3.21. The van der Waals surface area contributed by atoms with Gasteiger partial charge in [-0.25, -0.2) is 4.79 Å². The quantitative estimate of drug-likeness (QED) is 0.775. The number of nitrogens with one attached hydrogen (secondary N) is 1. The van der Waals surface area contributed by atoms with Crippen molar-refractivity contribution in [2.75, 3.05) is 20.2 Å². The maximum atomic E-state index is 12.5. The monoisotopic (exact) mass is 390 g/mol. The molecule has 1 aromatic carbocycles. The van der Waals surface area contributed by atoms with Gasteiger partial charge in [0.25, 0.3) is 0 Å². The molecule has 1 unspecified atom stereocenters. The van der Waals surface area contributed by atoms with E-state index in [4.69, 9.17) is 14.6 Å². The largest absolute Gasteiger partial charge is 0.493 e. The van der Waals surface area contributed by atoms with Gasteiger partial charge in [0, 0.05) is 13.1 Å². The molecule has 1 atom stereocenters. The summed E-state index contributed by atoms with van der Waals surface area (Å²) in [6.07, 6.45) is 5.82. The van der Waals surface area contributed by atoms with Crippen molar-refractivity contribution in [1.82, 2.24) is 10.2 Å². The van der Waals surface area contributed by atoms with Gasteiger partial charge in [-0.1, -0.05) is 6.07 Å². The molecule has 154 valence electrons. The van der Waals surface area contributed by atoms with Crippen molar-refractivity contribution in [1.29, 1.82) is 0 Å². The summed E-state index contributed by atoms with van der Waals surface area (Å²) in [6, 6.07) is 5.41. The molecular weight excluding hydrogens is 360 g/mol. The molecular formula is C21H30N2O5. The Balaban J connectivity index is 1.58. The molecule has 7 heteroatoms. The number of likely N-dealkylation sites (tertiary alicyclic amines) is 1. The number of hydrogen-bond acceptors (Lipinski definition) is 4. The molecule has 2 aliphatic rings. The molecule has 1 saturated heterocycles. The van der Waals surface area contributed by atoms with Crippen molar-refractivity contribution in [3.8, 4) is 11.5 Å². The molecule has 1 aromatic rings. The van der Waals surface area contributed by atoms with Crippen molar-refractivity contribution in [3.63, 3.8) is 0 Å². The number of carboxylic acids is 1. The van der Waals surface area contributed by atoms with Gasteiger partial charge in [-0.2, -0.15) is 0 Å². The number of aliphatic carboxylic acids is 1. The molecule has 0 bridgehead atoms. The molecule has 1 aliphatic heterocycles. The van der Waals surface area contributed by atoms with Crippen molar-refractivity contribution >= 4 is 12.0 Å². The topological polar surface area (TPSA) is 88.1 Å². The highest BCUT2D eigenvalue weighted by Crippen LogP contribution is 2.33. The zero-order valence-corrected chi connectivity index (χ0v) is 16.6. The Hall–Kier alpha value is -2.44. The summed E-state index contributed by atoms with van der Waals surface area (Å²) < 4.78 is 11.6. The van der Waals surface area contributed by atoms with E-state index in [1.165, 1.54) is 12.8 Å². The van der Waals surface area contributed by atoms with Crippen LogP contribution in [-0.2, 0) is 4.79 Å². The minimum Gasteiger partial charge on any atom is -0.493 e. The van der Waals surface area contributed by atoms with Crippen LogP contribution in [0.4, 0.5) is 4.79 Å². The highest BCUT2D eigenvalue weighted by atomic mass is 16.5. The molecule has 7 nitrogen and oxygen atoms in total. The Morgan fingerprint density at radius 3 is 2.43 bits per heavy atom. The van der Waals surface area contributed by atoms with Crippen LogP contribution in [-0.4, -0.2) is 48.3 Å². The highest BCUT2D eigenvalue weighted by Gasteiger charge is 2.27. The van der Waals surface area contributed by atoms with Crippen molar-refractivity contribution in [2.24, 2.45) is 5.92 Å². The summed E-state index contributed by atoms with van der Waals surface area (Å²) >= 11 is 0. The van der Waals surface area contributed by atoms with Crippen LogP contribution in [0.3, 0.4) is 0 Å². The second kappa shape index (κ2) is 9.17. The molecule has 0 radical (unpaired) electrons. The third-order valence-corrected chi connectivity index (χ3v) is 5.75. The van der Waals surface area contributed by atoms with Crippen molar-refractivity contribution in [3.05, 3.63) is 23.8 Å². The van der Waals surface area contributed by atoms with E-state index in [9.17, 15) is 9.59 Å². The first-order valence-corrected chi connectivity index (χ1v) is 10.1. The SMILES string of the molecule is COc1cc(C(C)NC(=O)N2CCC(C(=O)O)CC2)ccc1OC1CCCC1. The van der Waals surface area contributed by atoms with Gasteiger partial charge in [0.1, 0.15) is 0 Å². The molecule has 28 heavy (non-hydrogen) atoms. The van der Waals surface area contributed by atoms with Gasteiger partial charge in [-0.15, -0.1) is 0 Å². The molecule has 3 rings (SSSR count). The predicted molar refractivity (Wildman–Crippen MR) is 105 cm³/mol. The number of methoxy groups -OCH3 is 1. The van der Waals surface area contributed by atoms with E-state index in [1.54, 1.807) is 12.0 Å². The van der Waals surface area contributed by atoms with Crippen LogP contribution in [0.1, 0.15) is 57.1 Å². The number of hydrogen-bond donors (Lipinski definition) is 2. The summed E-state index contributed by atoms with van der Waals surface area (Å²) in [6.45, 7) is 2.86. The lowest BCUT2D eigenvalue weighted by molar-refractivity contribution is -0.143. The van der Waals surface area contributed by atoms with Gasteiger partial charge in [0.05, 0.1) is 25.2 Å². The van der Waals surface area contributed by atoms with E-state index in [0.29, 0.717) is 31.7 Å². The smallest absolute Gasteiger partial charge is 0.317 e. The Morgan fingerprint density at radius 1 is 1.14 bits per heavy atom. The number of benzene rings is 1. The number of amides is 2. The van der Waals surface area contributed by atoms with E-state index in [1.807, 2.05) is 25.1 Å². The first-order chi connectivity index (χ1) is 13.5. The number of carboxylic acid groups (broad SMARTS) is 1. The maximum Gasteiger partial charge on any atom is 0.317 e. The molecule has 0 spiro atoms. The first-order valence-electron chi connectivity index (χ1n) is 10.1. The normalized spacial score (nSPS) is 19.3. The van der Waals surface area contributed by atoms with E-state index >= 15 is 0 Å². The maximum absolute atomic E-state index is 12.5. The summed E-state index contributed by atoms with van der Waals surface area (Å²) in [5, 5.41) is 12.1. The van der Waals surface area contributed by atoms with Gasteiger partial charge in [0.2, 0.25) is 0 Å². The van der Waals surface area contributed by atoms with Crippen LogP contribution in [0.5, 0.6) is 11.5 Å². The number of carbonyl (C=O) groups is 2. The molecule has 1 heterocycles. The second-order valence-electron chi connectivity index (χ2n) is 7.71. The van der Waals surface area contributed by atoms with Gasteiger partial charge < -0.3 is 24.8 Å². The predicted octanol–water partition coefficient (Wildman–Crippen LogP) is 3.58. The first kappa shape index (κ1) is 20.3. The summed E-state index contributed by atoms with van der Waals surface area (Å²) in [4.78, 5) is 25.3. The van der Waals surface area contributed by atoms with Crippen LogP contribution in [0.25, 0.3) is 0 Å². The molecule has 0 aromatic heterocycles. The number of piperidine rings is 1. The van der Waals surface area contributed by atoms with Crippen LogP contribution >= 0.6 is 0 Å². The fourth-order valence-electron chi connectivity index (χ4n) is 3.93. The zero-order chi connectivity index (χ0) is 20.1. The molecule has 2 fully saturated rings. The van der Waals surface area contributed by atoms with Crippen LogP contribution in [0.2, 0.25) is 0 Å². The van der Waals surface area contributed by atoms with E-state index < -0.39 is 5.97 Å². The Kier molecular flexibility index (Phi) is 6.65. The molecule has 2 amide bonds. The van der Waals surface area contributed by atoms with Gasteiger partial charge in [-0.05, 0) is 63.1 Å². The minimum absolute atomic E-state index is 0.165. The minimum atomic E-state index is -0.777. The fraction of sp³-hybridized carbons (Fsp3) is 0.619. The van der Waals surface area contributed by atoms with Gasteiger partial charge in [-0.3, -0.25) is 4.79 Å². The lowest BCUT2D eigenvalue weighted by Gasteiger charge is -2.31. The number of rotatable bonds is 6. The lowest BCUT2D eigenvalue weighted by atomic mass is 9.97. The standard InChI is InChI=1S/C21H30N2O5/c1-14(22-21(26)23-11-9-15(10-12-23)20(24)25)16-7-8-18(19(13-16)27-2)28-17-5-3-4-6-17/h7-8,13-15,17H,3-6,9-12H2,1-2H3,(H,22,26)(H,24,25). The van der Waals surface area contributed by atoms with E-state index in [0.717, 1.165) is 24.2 Å². The Labute approximate surface area is 166 Å². The summed E-state index contributed by atoms with van der Waals surface area (Å²) in [5.41, 5.74) is 0.935. The lowest BCUT2D eigenvalue weighted by Crippen LogP contribution is -2.46. The van der Waals surface area contributed by atoms with Crippen molar-refractivity contribution < 1.29 is 24.2 Å². The third kappa shape index (κ3) is 4.88. The van der Waals surface area contributed by atoms with Crippen LogP contribution in [0, 0.1) is 5.92 Å². The Morgan fingerprint density at radius 2 is 1.82 bits per heavy atom. The molecule has 1 saturated carbocycles. The molecule has 1 aliphatic carbocycles.